The van der Waals surface area contributed by atoms with E-state index in [2.05, 4.69) is 5.32 Å². The summed E-state index contributed by atoms with van der Waals surface area (Å²) < 4.78 is 5.71. The van der Waals surface area contributed by atoms with E-state index < -0.39 is 23.9 Å². The summed E-state index contributed by atoms with van der Waals surface area (Å²) in [7, 11) is 0. The van der Waals surface area contributed by atoms with Crippen LogP contribution in [0.5, 0.6) is 0 Å². The van der Waals surface area contributed by atoms with Gasteiger partial charge < -0.3 is 15.0 Å². The van der Waals surface area contributed by atoms with Crippen LogP contribution in [0.3, 0.4) is 0 Å². The number of rotatable bonds is 5. The van der Waals surface area contributed by atoms with Crippen LogP contribution in [0.15, 0.2) is 48.5 Å². The predicted octanol–water partition coefficient (Wildman–Crippen LogP) is 3.78. The minimum Gasteiger partial charge on any atom is -0.447 e. The number of likely N-dealkylation sites (tertiary alicyclic amines) is 1. The zero-order valence-corrected chi connectivity index (χ0v) is 17.7. The number of carbonyl (C=O) groups excluding carboxylic acids is 3. The third-order valence-corrected chi connectivity index (χ3v) is 5.26. The van der Waals surface area contributed by atoms with Crippen molar-refractivity contribution in [2.75, 3.05) is 18.4 Å². The van der Waals surface area contributed by atoms with Crippen LogP contribution in [0.4, 0.5) is 5.69 Å². The standard InChI is InChI=1S/C24H28N2O4/c1-16-12-17(2)14-21(13-16)25-23(28)22(19-8-5-4-6-9-19)30-24(29)20-10-7-11-26(15-20)18(3)27/h4-6,8-9,12-14,20,22H,7,10-11,15H2,1-3H3,(H,25,28)/t20-,22-/m0/s1. The summed E-state index contributed by atoms with van der Waals surface area (Å²) >= 11 is 0. The smallest absolute Gasteiger partial charge is 0.311 e. The van der Waals surface area contributed by atoms with Gasteiger partial charge in [0.1, 0.15) is 0 Å². The molecule has 2 aromatic rings. The molecule has 158 valence electrons. The van der Waals surface area contributed by atoms with Crippen LogP contribution in [0.25, 0.3) is 0 Å². The Morgan fingerprint density at radius 3 is 2.37 bits per heavy atom. The molecule has 1 aliphatic heterocycles. The number of esters is 1. The number of piperidine rings is 1. The molecule has 1 aliphatic rings. The van der Waals surface area contributed by atoms with Gasteiger partial charge in [0.25, 0.3) is 5.91 Å². The first kappa shape index (κ1) is 21.6. The molecular formula is C24H28N2O4. The summed E-state index contributed by atoms with van der Waals surface area (Å²) in [5.41, 5.74) is 3.33. The van der Waals surface area contributed by atoms with Gasteiger partial charge in [0.05, 0.1) is 5.92 Å². The molecule has 0 radical (unpaired) electrons. The van der Waals surface area contributed by atoms with Crippen LogP contribution in [0.1, 0.15) is 42.6 Å². The summed E-state index contributed by atoms with van der Waals surface area (Å²) in [5, 5.41) is 2.88. The highest BCUT2D eigenvalue weighted by Crippen LogP contribution is 2.25. The van der Waals surface area contributed by atoms with E-state index in [0.29, 0.717) is 30.8 Å². The van der Waals surface area contributed by atoms with Gasteiger partial charge in [0.15, 0.2) is 0 Å². The molecule has 1 heterocycles. The monoisotopic (exact) mass is 408 g/mol. The highest BCUT2D eigenvalue weighted by molar-refractivity contribution is 5.96. The third-order valence-electron chi connectivity index (χ3n) is 5.26. The number of nitrogens with one attached hydrogen (secondary N) is 1. The van der Waals surface area contributed by atoms with E-state index in [1.165, 1.54) is 6.92 Å². The fourth-order valence-corrected chi connectivity index (χ4v) is 3.82. The van der Waals surface area contributed by atoms with E-state index in [-0.39, 0.29) is 5.91 Å². The maximum Gasteiger partial charge on any atom is 0.311 e. The van der Waals surface area contributed by atoms with Crippen molar-refractivity contribution in [3.05, 3.63) is 65.2 Å². The average molecular weight is 408 g/mol. The van der Waals surface area contributed by atoms with Crippen molar-refractivity contribution < 1.29 is 19.1 Å². The van der Waals surface area contributed by atoms with E-state index in [4.69, 9.17) is 4.74 Å². The van der Waals surface area contributed by atoms with Crippen molar-refractivity contribution in [3.8, 4) is 0 Å². The van der Waals surface area contributed by atoms with E-state index in [1.807, 2.05) is 38.1 Å². The van der Waals surface area contributed by atoms with Gasteiger partial charge in [0, 0.05) is 31.3 Å². The molecule has 1 fully saturated rings. The van der Waals surface area contributed by atoms with Crippen molar-refractivity contribution in [1.82, 2.24) is 4.90 Å². The summed E-state index contributed by atoms with van der Waals surface area (Å²) in [6, 6.07) is 14.8. The number of amides is 2. The molecule has 2 aromatic carbocycles. The summed E-state index contributed by atoms with van der Waals surface area (Å²) in [6.45, 7) is 6.39. The second-order valence-electron chi connectivity index (χ2n) is 7.90. The highest BCUT2D eigenvalue weighted by Gasteiger charge is 2.32. The van der Waals surface area contributed by atoms with Gasteiger partial charge in [-0.2, -0.15) is 0 Å². The third kappa shape index (κ3) is 5.47. The highest BCUT2D eigenvalue weighted by atomic mass is 16.5. The van der Waals surface area contributed by atoms with E-state index >= 15 is 0 Å². The van der Waals surface area contributed by atoms with Crippen LogP contribution in [-0.2, 0) is 19.1 Å². The normalized spacial score (nSPS) is 17.2. The summed E-state index contributed by atoms with van der Waals surface area (Å²) in [6.07, 6.45) is 0.319. The Morgan fingerprint density at radius 2 is 1.73 bits per heavy atom. The molecule has 0 spiro atoms. The molecule has 0 aliphatic carbocycles. The Hall–Kier alpha value is -3.15. The van der Waals surface area contributed by atoms with E-state index in [0.717, 1.165) is 17.5 Å². The molecule has 0 bridgehead atoms. The molecule has 1 saturated heterocycles. The van der Waals surface area contributed by atoms with Crippen molar-refractivity contribution in [3.63, 3.8) is 0 Å². The number of hydrogen-bond donors (Lipinski definition) is 1. The van der Waals surface area contributed by atoms with Crippen molar-refractivity contribution in [2.24, 2.45) is 5.92 Å². The molecule has 1 N–H and O–H groups in total. The topological polar surface area (TPSA) is 75.7 Å². The van der Waals surface area contributed by atoms with Crippen LogP contribution < -0.4 is 5.32 Å². The van der Waals surface area contributed by atoms with Crippen LogP contribution in [0.2, 0.25) is 0 Å². The fourth-order valence-electron chi connectivity index (χ4n) is 3.82. The number of hydrogen-bond acceptors (Lipinski definition) is 4. The number of anilines is 1. The number of aryl methyl sites for hydroxylation is 2. The van der Waals surface area contributed by atoms with Gasteiger partial charge in [-0.1, -0.05) is 36.4 Å². The molecule has 0 saturated carbocycles. The lowest BCUT2D eigenvalue weighted by Crippen LogP contribution is -2.42. The Bertz CT molecular complexity index is 906. The zero-order valence-electron chi connectivity index (χ0n) is 17.7. The molecule has 3 rings (SSSR count). The van der Waals surface area contributed by atoms with E-state index in [1.54, 1.807) is 29.2 Å². The van der Waals surface area contributed by atoms with Crippen molar-refractivity contribution >= 4 is 23.5 Å². The number of benzene rings is 2. The van der Waals surface area contributed by atoms with Gasteiger partial charge in [-0.15, -0.1) is 0 Å². The van der Waals surface area contributed by atoms with Gasteiger partial charge in [0.2, 0.25) is 12.0 Å². The first-order chi connectivity index (χ1) is 14.3. The number of carbonyl (C=O) groups is 3. The average Bonchev–Trinajstić information content (AvgIpc) is 2.71. The number of ether oxygens (including phenoxy) is 1. The molecule has 0 aromatic heterocycles. The largest absolute Gasteiger partial charge is 0.447 e. The molecule has 6 heteroatoms. The van der Waals surface area contributed by atoms with Gasteiger partial charge in [-0.25, -0.2) is 0 Å². The molecule has 6 nitrogen and oxygen atoms in total. The Labute approximate surface area is 177 Å². The number of nitrogens with zero attached hydrogens (tertiary/aromatic N) is 1. The Morgan fingerprint density at radius 1 is 1.07 bits per heavy atom. The van der Waals surface area contributed by atoms with Crippen LogP contribution in [-0.4, -0.2) is 35.8 Å². The summed E-state index contributed by atoms with van der Waals surface area (Å²) in [5.74, 6) is -1.34. The van der Waals surface area contributed by atoms with Crippen LogP contribution in [0, 0.1) is 19.8 Å². The first-order valence-corrected chi connectivity index (χ1v) is 10.2. The Kier molecular flexibility index (Phi) is 6.87. The molecule has 2 atom stereocenters. The molecule has 0 unspecified atom stereocenters. The van der Waals surface area contributed by atoms with Crippen molar-refractivity contribution in [1.29, 1.82) is 0 Å². The second kappa shape index (κ2) is 9.57. The fraction of sp³-hybridized carbons (Fsp3) is 0.375. The first-order valence-electron chi connectivity index (χ1n) is 10.2. The lowest BCUT2D eigenvalue weighted by Gasteiger charge is -2.31. The van der Waals surface area contributed by atoms with Gasteiger partial charge >= 0.3 is 5.97 Å². The lowest BCUT2D eigenvalue weighted by atomic mass is 9.98. The lowest BCUT2D eigenvalue weighted by molar-refractivity contribution is -0.161. The van der Waals surface area contributed by atoms with Gasteiger partial charge in [-0.3, -0.25) is 14.4 Å². The van der Waals surface area contributed by atoms with E-state index in [9.17, 15) is 14.4 Å². The minimum absolute atomic E-state index is 0.0559. The summed E-state index contributed by atoms with van der Waals surface area (Å²) in [4.78, 5) is 39.3. The maximum atomic E-state index is 13.1. The Balaban J connectivity index is 1.78. The molecule has 2 amide bonds. The SMILES string of the molecule is CC(=O)N1CCC[C@H](C(=O)O[C@H](C(=O)Nc2cc(C)cc(C)c2)c2ccccc2)C1. The molecule has 30 heavy (non-hydrogen) atoms. The van der Waals surface area contributed by atoms with Crippen LogP contribution >= 0.6 is 0 Å². The maximum absolute atomic E-state index is 13.1. The quantitative estimate of drug-likeness (QED) is 0.764. The van der Waals surface area contributed by atoms with Gasteiger partial charge in [-0.05, 0) is 49.9 Å². The zero-order chi connectivity index (χ0) is 21.7. The second-order valence-corrected chi connectivity index (χ2v) is 7.90. The minimum atomic E-state index is -1.06. The predicted molar refractivity (Wildman–Crippen MR) is 115 cm³/mol. The van der Waals surface area contributed by atoms with Crippen molar-refractivity contribution in [2.45, 2.75) is 39.7 Å². The molecular weight excluding hydrogens is 380 g/mol.